The number of carbonyl (C=O) groups is 3. The Morgan fingerprint density at radius 2 is 1.59 bits per heavy atom. The summed E-state index contributed by atoms with van der Waals surface area (Å²) >= 11 is 1.19. The lowest BCUT2D eigenvalue weighted by atomic mass is 10.2. The van der Waals surface area contributed by atoms with Crippen LogP contribution in [0.2, 0.25) is 0 Å². The molecule has 11 heteroatoms. The molecule has 0 unspecified atom stereocenters. The second-order valence-corrected chi connectivity index (χ2v) is 12.9. The Balaban J connectivity index is 1.52. The number of nitrogens with zero attached hydrogens (tertiary/aromatic N) is 3. The molecule has 3 amide bonds. The van der Waals surface area contributed by atoms with Crippen LogP contribution < -0.4 is 10.2 Å². The third-order valence-corrected chi connectivity index (χ3v) is 8.56. The summed E-state index contributed by atoms with van der Waals surface area (Å²) in [5.41, 5.74) is 1.35. The van der Waals surface area contributed by atoms with Gasteiger partial charge in [0.1, 0.15) is 0 Å². The molecule has 0 bridgehead atoms. The zero-order valence-corrected chi connectivity index (χ0v) is 22.9. The van der Waals surface area contributed by atoms with Gasteiger partial charge in [0.15, 0.2) is 5.13 Å². The number of hydrogen-bond acceptors (Lipinski definition) is 7. The van der Waals surface area contributed by atoms with Crippen molar-refractivity contribution in [3.05, 3.63) is 48.0 Å². The van der Waals surface area contributed by atoms with E-state index in [0.29, 0.717) is 39.7 Å². The monoisotopic (exact) mass is 542 g/mol. The highest BCUT2D eigenvalue weighted by atomic mass is 32.2. The van der Waals surface area contributed by atoms with Gasteiger partial charge in [0.05, 0.1) is 20.8 Å². The number of nitrogens with one attached hydrogen (secondary N) is 1. The van der Waals surface area contributed by atoms with Crippen LogP contribution in [-0.2, 0) is 19.6 Å². The lowest BCUT2D eigenvalue weighted by Gasteiger charge is -2.25. The van der Waals surface area contributed by atoms with Gasteiger partial charge < -0.3 is 0 Å². The molecule has 37 heavy (non-hydrogen) atoms. The first-order chi connectivity index (χ1) is 17.5. The second kappa shape index (κ2) is 10.7. The number of hydrogen-bond donors (Lipinski definition) is 1. The SMILES string of the molecule is CC(C)CN(CC(C)C)S(=O)(=O)c1ccc2nc(NC(=O)c3ccc(N4C(=O)CCC4=O)cc3)sc2c1. The van der Waals surface area contributed by atoms with Gasteiger partial charge in [-0.15, -0.1) is 0 Å². The van der Waals surface area contributed by atoms with Gasteiger partial charge in [0.2, 0.25) is 21.8 Å². The van der Waals surface area contributed by atoms with Crippen LogP contribution >= 0.6 is 11.3 Å². The van der Waals surface area contributed by atoms with Gasteiger partial charge in [-0.2, -0.15) is 4.31 Å². The predicted octanol–water partition coefficient (Wildman–Crippen LogP) is 4.50. The van der Waals surface area contributed by atoms with Crippen LogP contribution in [0.5, 0.6) is 0 Å². The van der Waals surface area contributed by atoms with Crippen LogP contribution in [0.3, 0.4) is 0 Å². The Hall–Kier alpha value is -3.15. The smallest absolute Gasteiger partial charge is 0.257 e. The lowest BCUT2D eigenvalue weighted by Crippen LogP contribution is -2.37. The number of aromatic nitrogens is 1. The second-order valence-electron chi connectivity index (χ2n) is 9.88. The maximum atomic E-state index is 13.4. The number of rotatable bonds is 9. The van der Waals surface area contributed by atoms with E-state index in [4.69, 9.17) is 0 Å². The molecule has 9 nitrogen and oxygen atoms in total. The van der Waals surface area contributed by atoms with Gasteiger partial charge in [-0.05, 0) is 54.3 Å². The summed E-state index contributed by atoms with van der Waals surface area (Å²) in [6.07, 6.45) is 0.379. The van der Waals surface area contributed by atoms with Gasteiger partial charge in [-0.3, -0.25) is 24.6 Å². The number of fused-ring (bicyclic) bond motifs is 1. The Kier molecular flexibility index (Phi) is 7.77. The quantitative estimate of drug-likeness (QED) is 0.398. The van der Waals surface area contributed by atoms with Crippen molar-refractivity contribution in [2.75, 3.05) is 23.3 Å². The number of imide groups is 1. The summed E-state index contributed by atoms with van der Waals surface area (Å²) in [6, 6.07) is 11.0. The summed E-state index contributed by atoms with van der Waals surface area (Å²) in [4.78, 5) is 42.4. The average Bonchev–Trinajstić information content (AvgIpc) is 3.39. The lowest BCUT2D eigenvalue weighted by molar-refractivity contribution is -0.121. The Morgan fingerprint density at radius 1 is 1.00 bits per heavy atom. The van der Waals surface area contributed by atoms with Gasteiger partial charge in [0.25, 0.3) is 5.91 Å². The van der Waals surface area contributed by atoms with E-state index in [2.05, 4.69) is 10.3 Å². The molecule has 2 heterocycles. The summed E-state index contributed by atoms with van der Waals surface area (Å²) in [5.74, 6) is -0.539. The molecular formula is C26H30N4O5S2. The Labute approximate surface area is 220 Å². The fraction of sp³-hybridized carbons (Fsp3) is 0.385. The van der Waals surface area contributed by atoms with E-state index in [0.717, 1.165) is 4.90 Å². The summed E-state index contributed by atoms with van der Waals surface area (Å²) in [5, 5.41) is 3.09. The highest BCUT2D eigenvalue weighted by Gasteiger charge is 2.30. The third-order valence-electron chi connectivity index (χ3n) is 5.79. The molecule has 0 aliphatic carbocycles. The number of sulfonamides is 1. The van der Waals surface area contributed by atoms with Crippen LogP contribution in [0.15, 0.2) is 47.4 Å². The first kappa shape index (κ1) is 26.9. The molecule has 0 atom stereocenters. The summed E-state index contributed by atoms with van der Waals surface area (Å²) in [6.45, 7) is 8.82. The molecule has 1 N–H and O–H groups in total. The van der Waals surface area contributed by atoms with E-state index >= 15 is 0 Å². The van der Waals surface area contributed by atoms with Crippen molar-refractivity contribution in [2.45, 2.75) is 45.4 Å². The molecule has 196 valence electrons. The molecule has 3 aromatic rings. The van der Waals surface area contributed by atoms with Crippen molar-refractivity contribution in [3.8, 4) is 0 Å². The van der Waals surface area contributed by atoms with Gasteiger partial charge >= 0.3 is 0 Å². The van der Waals surface area contributed by atoms with E-state index in [9.17, 15) is 22.8 Å². The fourth-order valence-electron chi connectivity index (χ4n) is 4.15. The molecule has 0 spiro atoms. The van der Waals surface area contributed by atoms with E-state index < -0.39 is 15.9 Å². The maximum Gasteiger partial charge on any atom is 0.257 e. The number of amides is 3. The molecule has 4 rings (SSSR count). The van der Waals surface area contributed by atoms with Crippen LogP contribution in [0, 0.1) is 11.8 Å². The van der Waals surface area contributed by atoms with Crippen molar-refractivity contribution >= 4 is 60.1 Å². The Bertz CT molecular complexity index is 1420. The van der Waals surface area contributed by atoms with Crippen LogP contribution in [0.25, 0.3) is 10.2 Å². The van der Waals surface area contributed by atoms with Crippen molar-refractivity contribution < 1.29 is 22.8 Å². The fourth-order valence-corrected chi connectivity index (χ4v) is 6.92. The largest absolute Gasteiger partial charge is 0.298 e. The van der Waals surface area contributed by atoms with Crippen LogP contribution in [0.1, 0.15) is 50.9 Å². The highest BCUT2D eigenvalue weighted by Crippen LogP contribution is 2.30. The Morgan fingerprint density at radius 3 is 2.16 bits per heavy atom. The minimum Gasteiger partial charge on any atom is -0.298 e. The zero-order valence-electron chi connectivity index (χ0n) is 21.2. The minimum atomic E-state index is -3.69. The number of thiazole rings is 1. The van der Waals surface area contributed by atoms with E-state index in [1.54, 1.807) is 42.5 Å². The van der Waals surface area contributed by atoms with Crippen molar-refractivity contribution in [1.82, 2.24) is 9.29 Å². The van der Waals surface area contributed by atoms with E-state index in [1.165, 1.54) is 15.6 Å². The normalized spacial score (nSPS) is 14.5. The number of carbonyl (C=O) groups excluding carboxylic acids is 3. The molecule has 0 saturated carbocycles. The van der Waals surface area contributed by atoms with Gasteiger partial charge in [-0.1, -0.05) is 39.0 Å². The summed E-state index contributed by atoms with van der Waals surface area (Å²) in [7, 11) is -3.69. The topological polar surface area (TPSA) is 117 Å². The van der Waals surface area contributed by atoms with Gasteiger partial charge in [0, 0.05) is 31.5 Å². The third kappa shape index (κ3) is 5.89. The van der Waals surface area contributed by atoms with Crippen molar-refractivity contribution in [3.63, 3.8) is 0 Å². The zero-order chi connectivity index (χ0) is 26.9. The minimum absolute atomic E-state index is 0.188. The van der Waals surface area contributed by atoms with E-state index in [1.807, 2.05) is 27.7 Å². The molecule has 1 aromatic heterocycles. The van der Waals surface area contributed by atoms with E-state index in [-0.39, 0.29) is 41.4 Å². The number of anilines is 2. The molecule has 1 aliphatic rings. The summed E-state index contributed by atoms with van der Waals surface area (Å²) < 4.78 is 28.9. The maximum absolute atomic E-state index is 13.4. The standard InChI is InChI=1S/C26H30N4O5S2/c1-16(2)14-29(15-17(3)4)37(34,35)20-9-10-21-22(13-20)36-26(27-21)28-25(33)18-5-7-19(8-6-18)30-23(31)11-12-24(30)32/h5-10,13,16-17H,11-12,14-15H2,1-4H3,(H,27,28,33). The number of benzene rings is 2. The molecule has 0 radical (unpaired) electrons. The molecule has 2 aromatic carbocycles. The van der Waals surface area contributed by atoms with Crippen molar-refractivity contribution in [2.24, 2.45) is 11.8 Å². The van der Waals surface area contributed by atoms with Gasteiger partial charge in [-0.25, -0.2) is 13.4 Å². The van der Waals surface area contributed by atoms with Crippen LogP contribution in [0.4, 0.5) is 10.8 Å². The average molecular weight is 543 g/mol. The molecule has 1 saturated heterocycles. The first-order valence-electron chi connectivity index (χ1n) is 12.1. The van der Waals surface area contributed by atoms with Crippen molar-refractivity contribution in [1.29, 1.82) is 0 Å². The molecular weight excluding hydrogens is 512 g/mol. The molecule has 1 fully saturated rings. The highest BCUT2D eigenvalue weighted by molar-refractivity contribution is 7.89. The predicted molar refractivity (Wildman–Crippen MR) is 144 cm³/mol. The molecule has 1 aliphatic heterocycles. The van der Waals surface area contributed by atoms with Crippen LogP contribution in [-0.4, -0.2) is 48.5 Å². The first-order valence-corrected chi connectivity index (χ1v) is 14.4.